The number of rotatable bonds is 5. The Morgan fingerprint density at radius 1 is 1.08 bits per heavy atom. The van der Waals surface area contributed by atoms with E-state index in [0.717, 1.165) is 31.5 Å². The van der Waals surface area contributed by atoms with E-state index in [-0.39, 0.29) is 24.5 Å². The van der Waals surface area contributed by atoms with E-state index in [1.165, 1.54) is 18.4 Å². The first-order valence-corrected chi connectivity index (χ1v) is 9.45. The summed E-state index contributed by atoms with van der Waals surface area (Å²) in [6, 6.07) is 7.74. The van der Waals surface area contributed by atoms with Crippen molar-refractivity contribution in [2.75, 3.05) is 26.3 Å². The quantitative estimate of drug-likeness (QED) is 0.822. The summed E-state index contributed by atoms with van der Waals surface area (Å²) < 4.78 is 5.60. The van der Waals surface area contributed by atoms with Gasteiger partial charge in [-0.25, -0.2) is 0 Å². The molecule has 2 amide bonds. The van der Waals surface area contributed by atoms with Crippen LogP contribution in [0.2, 0.25) is 0 Å². The van der Waals surface area contributed by atoms with Crippen molar-refractivity contribution in [3.63, 3.8) is 0 Å². The number of fused-ring (bicyclic) bond motifs is 1. The molecule has 0 radical (unpaired) electrons. The van der Waals surface area contributed by atoms with E-state index in [2.05, 4.69) is 12.1 Å². The van der Waals surface area contributed by atoms with Crippen molar-refractivity contribution < 1.29 is 14.3 Å². The molecule has 0 N–H and O–H groups in total. The maximum absolute atomic E-state index is 13.0. The highest BCUT2D eigenvalue weighted by atomic mass is 16.5. The largest absolute Gasteiger partial charge is 0.371 e. The zero-order valence-corrected chi connectivity index (χ0v) is 14.7. The number of amides is 2. The molecule has 0 spiro atoms. The third-order valence-corrected chi connectivity index (χ3v) is 5.55. The number of likely N-dealkylation sites (tertiary alicyclic amines) is 1. The summed E-state index contributed by atoms with van der Waals surface area (Å²) in [5, 5.41) is 0. The van der Waals surface area contributed by atoms with Gasteiger partial charge in [-0.05, 0) is 42.7 Å². The van der Waals surface area contributed by atoms with Crippen LogP contribution in [0.1, 0.15) is 36.8 Å². The van der Waals surface area contributed by atoms with Crippen LogP contribution in [0.15, 0.2) is 24.3 Å². The summed E-state index contributed by atoms with van der Waals surface area (Å²) in [4.78, 5) is 29.4. The Morgan fingerprint density at radius 3 is 2.52 bits per heavy atom. The minimum Gasteiger partial charge on any atom is -0.371 e. The Hall–Kier alpha value is -1.88. The van der Waals surface area contributed by atoms with E-state index < -0.39 is 0 Å². The predicted molar refractivity (Wildman–Crippen MR) is 93.8 cm³/mol. The molecule has 1 aromatic carbocycles. The molecule has 1 unspecified atom stereocenters. The molecule has 1 aliphatic carbocycles. The first kappa shape index (κ1) is 16.6. The highest BCUT2D eigenvalue weighted by molar-refractivity contribution is 5.89. The van der Waals surface area contributed by atoms with Crippen LogP contribution in [0.4, 0.5) is 0 Å². The highest BCUT2D eigenvalue weighted by Crippen LogP contribution is 2.29. The molecule has 1 atom stereocenters. The zero-order chi connectivity index (χ0) is 17.2. The van der Waals surface area contributed by atoms with Crippen LogP contribution in [-0.4, -0.2) is 54.0 Å². The molecule has 134 valence electrons. The van der Waals surface area contributed by atoms with Gasteiger partial charge in [0.05, 0.1) is 6.61 Å². The Bertz CT molecular complexity index is 650. The van der Waals surface area contributed by atoms with E-state index >= 15 is 0 Å². The molecule has 5 nitrogen and oxygen atoms in total. The zero-order valence-electron chi connectivity index (χ0n) is 14.7. The number of ether oxygens (including phenoxy) is 1. The van der Waals surface area contributed by atoms with Gasteiger partial charge >= 0.3 is 0 Å². The van der Waals surface area contributed by atoms with Crippen molar-refractivity contribution in [2.24, 2.45) is 5.92 Å². The Morgan fingerprint density at radius 2 is 1.80 bits per heavy atom. The van der Waals surface area contributed by atoms with E-state index in [0.29, 0.717) is 25.5 Å². The van der Waals surface area contributed by atoms with Crippen LogP contribution >= 0.6 is 0 Å². The molecule has 0 bridgehead atoms. The van der Waals surface area contributed by atoms with Gasteiger partial charge in [0, 0.05) is 26.1 Å². The second-order valence-electron chi connectivity index (χ2n) is 7.50. The molecule has 0 aromatic heterocycles. The lowest BCUT2D eigenvalue weighted by atomic mass is 9.93. The number of hydrogen-bond donors (Lipinski definition) is 0. The van der Waals surface area contributed by atoms with Crippen LogP contribution in [-0.2, 0) is 27.3 Å². The maximum Gasteiger partial charge on any atom is 0.249 e. The standard InChI is InChI=1S/C20H26N2O3/c23-19(14-25-13-15-7-8-15)22-12-17-6-2-1-5-16(17)11-18(22)20(24)21-9-3-4-10-21/h1-2,5-6,15,18H,3-4,7-14H2. The number of nitrogens with zero attached hydrogens (tertiary/aromatic N) is 2. The lowest BCUT2D eigenvalue weighted by Crippen LogP contribution is -2.54. The molecular weight excluding hydrogens is 316 g/mol. The minimum absolute atomic E-state index is 0.0623. The second-order valence-corrected chi connectivity index (χ2v) is 7.50. The summed E-state index contributed by atoms with van der Waals surface area (Å²) in [6.45, 7) is 2.89. The highest BCUT2D eigenvalue weighted by Gasteiger charge is 2.37. The normalized spacial score (nSPS) is 22.8. The fourth-order valence-electron chi connectivity index (χ4n) is 3.83. The van der Waals surface area contributed by atoms with E-state index in [4.69, 9.17) is 4.74 Å². The number of benzene rings is 1. The predicted octanol–water partition coefficient (Wildman–Crippen LogP) is 1.99. The minimum atomic E-state index is -0.384. The van der Waals surface area contributed by atoms with Gasteiger partial charge in [0.15, 0.2) is 0 Å². The lowest BCUT2D eigenvalue weighted by molar-refractivity contribution is -0.149. The Balaban J connectivity index is 1.49. The van der Waals surface area contributed by atoms with Gasteiger partial charge in [-0.3, -0.25) is 9.59 Å². The van der Waals surface area contributed by atoms with Crippen molar-refractivity contribution in [3.8, 4) is 0 Å². The fourth-order valence-corrected chi connectivity index (χ4v) is 3.83. The molecule has 1 saturated heterocycles. The summed E-state index contributed by atoms with van der Waals surface area (Å²) in [7, 11) is 0. The smallest absolute Gasteiger partial charge is 0.249 e. The van der Waals surface area contributed by atoms with Crippen molar-refractivity contribution in [3.05, 3.63) is 35.4 Å². The first-order valence-electron chi connectivity index (χ1n) is 9.45. The molecule has 2 aliphatic heterocycles. The Kier molecular flexibility index (Phi) is 4.75. The molecule has 2 fully saturated rings. The molecule has 2 heterocycles. The van der Waals surface area contributed by atoms with Crippen molar-refractivity contribution in [1.82, 2.24) is 9.80 Å². The molecule has 25 heavy (non-hydrogen) atoms. The molecule has 4 rings (SSSR count). The summed E-state index contributed by atoms with van der Waals surface area (Å²) in [5.41, 5.74) is 2.33. The summed E-state index contributed by atoms with van der Waals surface area (Å²) in [5.74, 6) is 0.673. The van der Waals surface area contributed by atoms with Crippen LogP contribution in [0.5, 0.6) is 0 Å². The second kappa shape index (κ2) is 7.16. The number of carbonyl (C=O) groups is 2. The third-order valence-electron chi connectivity index (χ3n) is 5.55. The third kappa shape index (κ3) is 3.71. The van der Waals surface area contributed by atoms with Gasteiger partial charge in [0.1, 0.15) is 12.6 Å². The van der Waals surface area contributed by atoms with Crippen molar-refractivity contribution in [2.45, 2.75) is 44.7 Å². The van der Waals surface area contributed by atoms with Gasteiger partial charge in [0.25, 0.3) is 0 Å². The van der Waals surface area contributed by atoms with Crippen LogP contribution in [0.3, 0.4) is 0 Å². The van der Waals surface area contributed by atoms with Gasteiger partial charge in [0.2, 0.25) is 11.8 Å². The van der Waals surface area contributed by atoms with E-state index in [1.807, 2.05) is 17.0 Å². The van der Waals surface area contributed by atoms with Gasteiger partial charge < -0.3 is 14.5 Å². The number of hydrogen-bond acceptors (Lipinski definition) is 3. The van der Waals surface area contributed by atoms with Crippen molar-refractivity contribution in [1.29, 1.82) is 0 Å². The van der Waals surface area contributed by atoms with Crippen molar-refractivity contribution >= 4 is 11.8 Å². The average molecular weight is 342 g/mol. The molecule has 5 heteroatoms. The van der Waals surface area contributed by atoms with Gasteiger partial charge in [-0.15, -0.1) is 0 Å². The SMILES string of the molecule is O=C(C1Cc2ccccc2CN1C(=O)COCC1CC1)N1CCCC1. The van der Waals surface area contributed by atoms with Gasteiger partial charge in [-0.2, -0.15) is 0 Å². The average Bonchev–Trinajstić information content (AvgIpc) is 3.30. The fraction of sp³-hybridized carbons (Fsp3) is 0.600. The van der Waals surface area contributed by atoms with Crippen LogP contribution in [0, 0.1) is 5.92 Å². The lowest BCUT2D eigenvalue weighted by Gasteiger charge is -2.37. The molecule has 3 aliphatic rings. The van der Waals surface area contributed by atoms with Gasteiger partial charge in [-0.1, -0.05) is 24.3 Å². The van der Waals surface area contributed by atoms with Crippen LogP contribution in [0.25, 0.3) is 0 Å². The molecular formula is C20H26N2O3. The summed E-state index contributed by atoms with van der Waals surface area (Å²) in [6.07, 6.45) is 5.16. The van der Waals surface area contributed by atoms with E-state index in [9.17, 15) is 9.59 Å². The number of carbonyl (C=O) groups excluding carboxylic acids is 2. The van der Waals surface area contributed by atoms with Crippen LogP contribution < -0.4 is 0 Å². The first-order chi connectivity index (χ1) is 12.2. The Labute approximate surface area is 148 Å². The van der Waals surface area contributed by atoms with E-state index in [1.54, 1.807) is 4.90 Å². The molecule has 1 aromatic rings. The topological polar surface area (TPSA) is 49.9 Å². The summed E-state index contributed by atoms with van der Waals surface area (Å²) >= 11 is 0. The maximum atomic E-state index is 13.0. The monoisotopic (exact) mass is 342 g/mol. The molecule has 1 saturated carbocycles.